The highest BCUT2D eigenvalue weighted by atomic mass is 35.5. The van der Waals surface area contributed by atoms with Gasteiger partial charge in [0, 0.05) is 23.3 Å². The van der Waals surface area contributed by atoms with E-state index in [9.17, 15) is 9.59 Å². The molecular formula is C18H19ClN2O3. The van der Waals surface area contributed by atoms with Crippen molar-refractivity contribution in [1.29, 1.82) is 0 Å². The fourth-order valence-electron chi connectivity index (χ4n) is 2.19. The molecule has 1 atom stereocenters. The largest absolute Gasteiger partial charge is 0.481 e. The maximum atomic E-state index is 12.5. The van der Waals surface area contributed by atoms with E-state index in [2.05, 4.69) is 0 Å². The van der Waals surface area contributed by atoms with E-state index in [1.54, 1.807) is 56.4 Å². The third-order valence-corrected chi connectivity index (χ3v) is 4.08. The zero-order chi connectivity index (χ0) is 17.9. The average Bonchev–Trinajstić information content (AvgIpc) is 2.56. The summed E-state index contributed by atoms with van der Waals surface area (Å²) in [6, 6.07) is 11.7. The van der Waals surface area contributed by atoms with Crippen LogP contribution in [0, 0.1) is 6.92 Å². The van der Waals surface area contributed by atoms with Crippen LogP contribution >= 0.6 is 11.6 Å². The molecule has 0 saturated carbocycles. The van der Waals surface area contributed by atoms with Crippen molar-refractivity contribution in [3.8, 4) is 5.75 Å². The van der Waals surface area contributed by atoms with Gasteiger partial charge in [-0.15, -0.1) is 0 Å². The topological polar surface area (TPSA) is 72.6 Å². The zero-order valence-electron chi connectivity index (χ0n) is 13.7. The van der Waals surface area contributed by atoms with Crippen molar-refractivity contribution in [2.75, 3.05) is 11.9 Å². The van der Waals surface area contributed by atoms with Crippen LogP contribution in [-0.2, 0) is 4.79 Å². The van der Waals surface area contributed by atoms with Gasteiger partial charge in [0.25, 0.3) is 5.91 Å². The molecule has 5 nitrogen and oxygen atoms in total. The van der Waals surface area contributed by atoms with E-state index in [0.29, 0.717) is 22.0 Å². The number of rotatable bonds is 5. The number of anilines is 1. The van der Waals surface area contributed by atoms with Gasteiger partial charge in [0.05, 0.1) is 0 Å². The molecule has 6 heteroatoms. The molecule has 0 aliphatic heterocycles. The first-order chi connectivity index (χ1) is 11.3. The molecule has 0 aliphatic rings. The number of likely N-dealkylation sites (N-methyl/N-ethyl adjacent to an activating group) is 1. The lowest BCUT2D eigenvalue weighted by molar-refractivity contribution is -0.124. The molecule has 0 aromatic heterocycles. The van der Waals surface area contributed by atoms with Gasteiger partial charge in [-0.3, -0.25) is 9.59 Å². The molecule has 0 fully saturated rings. The van der Waals surface area contributed by atoms with Crippen molar-refractivity contribution in [1.82, 2.24) is 0 Å². The summed E-state index contributed by atoms with van der Waals surface area (Å²) in [5.74, 6) is -0.144. The molecule has 0 radical (unpaired) electrons. The van der Waals surface area contributed by atoms with Crippen molar-refractivity contribution in [2.24, 2.45) is 5.73 Å². The van der Waals surface area contributed by atoms with Crippen molar-refractivity contribution in [3.05, 3.63) is 58.6 Å². The smallest absolute Gasteiger partial charge is 0.267 e. The Morgan fingerprint density at radius 2 is 1.79 bits per heavy atom. The average molecular weight is 347 g/mol. The van der Waals surface area contributed by atoms with E-state index in [1.807, 2.05) is 6.92 Å². The molecule has 0 saturated heterocycles. The van der Waals surface area contributed by atoms with Gasteiger partial charge < -0.3 is 15.4 Å². The van der Waals surface area contributed by atoms with E-state index in [1.165, 1.54) is 4.90 Å². The Morgan fingerprint density at radius 3 is 2.33 bits per heavy atom. The number of amides is 2. The van der Waals surface area contributed by atoms with Crippen LogP contribution in [-0.4, -0.2) is 25.0 Å². The second kappa shape index (κ2) is 7.36. The Bertz CT molecular complexity index is 759. The lowest BCUT2D eigenvalue weighted by atomic mass is 10.2. The van der Waals surface area contributed by atoms with Gasteiger partial charge in [-0.05, 0) is 61.9 Å². The standard InChI is InChI=1S/C18H19ClN2O3/c1-11-10-15(8-9-16(11)19)24-12(2)18(23)21(3)14-6-4-13(5-7-14)17(20)22/h4-10,12H,1-3H3,(H2,20,22). The summed E-state index contributed by atoms with van der Waals surface area (Å²) >= 11 is 5.98. The normalized spacial score (nSPS) is 11.7. The molecule has 2 amide bonds. The van der Waals surface area contributed by atoms with E-state index < -0.39 is 12.0 Å². The molecule has 0 aliphatic carbocycles. The number of benzene rings is 2. The Hall–Kier alpha value is -2.53. The Labute approximate surface area is 146 Å². The first kappa shape index (κ1) is 17.8. The summed E-state index contributed by atoms with van der Waals surface area (Å²) in [5, 5.41) is 0.646. The van der Waals surface area contributed by atoms with E-state index in [-0.39, 0.29) is 5.91 Å². The van der Waals surface area contributed by atoms with Crippen molar-refractivity contribution in [2.45, 2.75) is 20.0 Å². The fraction of sp³-hybridized carbons (Fsp3) is 0.222. The molecule has 0 spiro atoms. The maximum absolute atomic E-state index is 12.5. The predicted molar refractivity (Wildman–Crippen MR) is 94.6 cm³/mol. The highest BCUT2D eigenvalue weighted by Gasteiger charge is 2.20. The minimum atomic E-state index is -0.675. The number of primary amides is 1. The number of hydrogen-bond acceptors (Lipinski definition) is 3. The highest BCUT2D eigenvalue weighted by molar-refractivity contribution is 6.31. The van der Waals surface area contributed by atoms with Crippen LogP contribution in [0.4, 0.5) is 5.69 Å². The van der Waals surface area contributed by atoms with Crippen LogP contribution in [0.2, 0.25) is 5.02 Å². The van der Waals surface area contributed by atoms with Crippen LogP contribution < -0.4 is 15.4 Å². The lowest BCUT2D eigenvalue weighted by Crippen LogP contribution is -2.38. The molecule has 126 valence electrons. The minimum Gasteiger partial charge on any atom is -0.481 e. The molecule has 0 heterocycles. The quantitative estimate of drug-likeness (QED) is 0.903. The number of nitrogens with zero attached hydrogens (tertiary/aromatic N) is 1. The van der Waals surface area contributed by atoms with Gasteiger partial charge in [0.15, 0.2) is 6.10 Å². The third kappa shape index (κ3) is 4.06. The molecule has 2 N–H and O–H groups in total. The third-order valence-electron chi connectivity index (χ3n) is 3.66. The lowest BCUT2D eigenvalue weighted by Gasteiger charge is -2.22. The number of carbonyl (C=O) groups excluding carboxylic acids is 2. The Morgan fingerprint density at radius 1 is 1.17 bits per heavy atom. The minimum absolute atomic E-state index is 0.213. The van der Waals surface area contributed by atoms with Crippen LogP contribution in [0.5, 0.6) is 5.75 Å². The SMILES string of the molecule is Cc1cc(OC(C)C(=O)N(C)c2ccc(C(N)=O)cc2)ccc1Cl. The second-order valence-corrected chi connectivity index (χ2v) is 5.89. The predicted octanol–water partition coefficient (Wildman–Crippen LogP) is 3.18. The summed E-state index contributed by atoms with van der Waals surface area (Å²) in [7, 11) is 1.65. The van der Waals surface area contributed by atoms with E-state index in [4.69, 9.17) is 22.1 Å². The van der Waals surface area contributed by atoms with Gasteiger partial charge in [-0.1, -0.05) is 11.6 Å². The first-order valence-electron chi connectivity index (χ1n) is 7.40. The van der Waals surface area contributed by atoms with Crippen LogP contribution in [0.3, 0.4) is 0 Å². The fourth-order valence-corrected chi connectivity index (χ4v) is 2.31. The van der Waals surface area contributed by atoms with Gasteiger partial charge in [-0.2, -0.15) is 0 Å². The number of halogens is 1. The Balaban J connectivity index is 2.08. The van der Waals surface area contributed by atoms with Crippen molar-refractivity contribution < 1.29 is 14.3 Å². The summed E-state index contributed by atoms with van der Waals surface area (Å²) in [6.07, 6.45) is -0.675. The summed E-state index contributed by atoms with van der Waals surface area (Å²) in [5.41, 5.74) is 7.12. The maximum Gasteiger partial charge on any atom is 0.267 e. The molecule has 1 unspecified atom stereocenters. The van der Waals surface area contributed by atoms with E-state index in [0.717, 1.165) is 5.56 Å². The van der Waals surface area contributed by atoms with Gasteiger partial charge >= 0.3 is 0 Å². The molecule has 0 bridgehead atoms. The number of hydrogen-bond donors (Lipinski definition) is 1. The molecule has 2 aromatic rings. The van der Waals surface area contributed by atoms with Gasteiger partial charge in [0.1, 0.15) is 5.75 Å². The Kier molecular flexibility index (Phi) is 5.46. The number of aryl methyl sites for hydroxylation is 1. The van der Waals surface area contributed by atoms with Gasteiger partial charge in [0.2, 0.25) is 5.91 Å². The second-order valence-electron chi connectivity index (χ2n) is 5.48. The van der Waals surface area contributed by atoms with Gasteiger partial charge in [-0.25, -0.2) is 0 Å². The van der Waals surface area contributed by atoms with Crippen LogP contribution in [0.1, 0.15) is 22.8 Å². The summed E-state index contributed by atoms with van der Waals surface area (Å²) in [6.45, 7) is 3.55. The van der Waals surface area contributed by atoms with Crippen molar-refractivity contribution in [3.63, 3.8) is 0 Å². The monoisotopic (exact) mass is 346 g/mol. The molecule has 2 rings (SSSR count). The molecular weight excluding hydrogens is 328 g/mol. The molecule has 2 aromatic carbocycles. The number of ether oxygens (including phenoxy) is 1. The number of nitrogens with two attached hydrogens (primary N) is 1. The first-order valence-corrected chi connectivity index (χ1v) is 7.77. The van der Waals surface area contributed by atoms with Crippen LogP contribution in [0.15, 0.2) is 42.5 Å². The van der Waals surface area contributed by atoms with Crippen molar-refractivity contribution >= 4 is 29.1 Å². The van der Waals surface area contributed by atoms with E-state index >= 15 is 0 Å². The summed E-state index contributed by atoms with van der Waals surface area (Å²) in [4.78, 5) is 25.1. The number of carbonyl (C=O) groups is 2. The molecule has 24 heavy (non-hydrogen) atoms. The highest BCUT2D eigenvalue weighted by Crippen LogP contribution is 2.23. The van der Waals surface area contributed by atoms with Crippen LogP contribution in [0.25, 0.3) is 0 Å². The zero-order valence-corrected chi connectivity index (χ0v) is 14.5. The summed E-state index contributed by atoms with van der Waals surface area (Å²) < 4.78 is 5.69.